The zero-order valence-electron chi connectivity index (χ0n) is 10.5. The maximum atomic E-state index is 13.9. The summed E-state index contributed by atoms with van der Waals surface area (Å²) in [6.45, 7) is 0.929. The number of carboxylic acid groups (broad SMARTS) is 1. The molecule has 1 aromatic rings. The van der Waals surface area contributed by atoms with Crippen molar-refractivity contribution in [3.05, 3.63) is 29.6 Å². The maximum absolute atomic E-state index is 13.9. The molecular weight excluding hydrogens is 251 g/mol. The number of anilines is 1. The minimum Gasteiger partial charge on any atom is -0.465 e. The van der Waals surface area contributed by atoms with Crippen molar-refractivity contribution >= 4 is 11.8 Å². The Balaban J connectivity index is 2.07. The van der Waals surface area contributed by atoms with Crippen molar-refractivity contribution in [1.82, 2.24) is 5.32 Å². The third-order valence-electron chi connectivity index (χ3n) is 3.38. The number of carbonyl (C=O) groups is 1. The van der Waals surface area contributed by atoms with Gasteiger partial charge in [-0.1, -0.05) is 12.1 Å². The third-order valence-corrected chi connectivity index (χ3v) is 3.38. The minimum absolute atomic E-state index is 0.0851. The van der Waals surface area contributed by atoms with E-state index in [0.29, 0.717) is 37.2 Å². The normalized spacial score (nSPS) is 16.4. The summed E-state index contributed by atoms with van der Waals surface area (Å²) in [5.41, 5.74) is 0.989. The van der Waals surface area contributed by atoms with Crippen molar-refractivity contribution in [2.75, 3.05) is 18.0 Å². The number of nitrogens with zero attached hydrogens (tertiary/aromatic N) is 1. The standard InChI is InChI=1S/C13H17FN2O3/c14-11-3-1-2-9(8-17)12(11)16-6-4-10(5-7-16)15-13(18)19/h1-3,10,15,17H,4-8H2,(H,18,19). The molecule has 5 nitrogen and oxygen atoms in total. The highest BCUT2D eigenvalue weighted by Gasteiger charge is 2.23. The van der Waals surface area contributed by atoms with Crippen LogP contribution in [0.25, 0.3) is 0 Å². The quantitative estimate of drug-likeness (QED) is 0.777. The molecular formula is C13H17FN2O3. The van der Waals surface area contributed by atoms with Crippen LogP contribution in [-0.2, 0) is 6.61 Å². The number of halogens is 1. The summed E-state index contributed by atoms with van der Waals surface area (Å²) in [5.74, 6) is -0.351. The summed E-state index contributed by atoms with van der Waals surface area (Å²) in [4.78, 5) is 12.4. The molecule has 3 N–H and O–H groups in total. The van der Waals surface area contributed by atoms with Crippen molar-refractivity contribution in [3.63, 3.8) is 0 Å². The number of aliphatic hydroxyl groups is 1. The van der Waals surface area contributed by atoms with Gasteiger partial charge in [0, 0.05) is 24.7 Å². The number of piperidine rings is 1. The molecule has 1 aromatic carbocycles. The lowest BCUT2D eigenvalue weighted by Crippen LogP contribution is -2.44. The highest BCUT2D eigenvalue weighted by molar-refractivity contribution is 5.65. The number of amides is 1. The summed E-state index contributed by atoms with van der Waals surface area (Å²) in [6, 6.07) is 4.55. The van der Waals surface area contributed by atoms with Gasteiger partial charge in [-0.25, -0.2) is 9.18 Å². The first-order valence-electron chi connectivity index (χ1n) is 6.24. The van der Waals surface area contributed by atoms with Gasteiger partial charge in [-0.3, -0.25) is 0 Å². The fourth-order valence-corrected chi connectivity index (χ4v) is 2.46. The number of benzene rings is 1. The van der Waals surface area contributed by atoms with E-state index in [2.05, 4.69) is 5.32 Å². The first-order valence-corrected chi connectivity index (χ1v) is 6.24. The summed E-state index contributed by atoms with van der Waals surface area (Å²) >= 11 is 0. The number of hydrogen-bond acceptors (Lipinski definition) is 3. The maximum Gasteiger partial charge on any atom is 0.404 e. The number of nitrogens with one attached hydrogen (secondary N) is 1. The van der Waals surface area contributed by atoms with Crippen LogP contribution in [0.3, 0.4) is 0 Å². The second-order valence-corrected chi connectivity index (χ2v) is 4.62. The molecule has 0 spiro atoms. The van der Waals surface area contributed by atoms with Crippen LogP contribution in [0.15, 0.2) is 18.2 Å². The SMILES string of the molecule is O=C(O)NC1CCN(c2c(F)cccc2CO)CC1. The largest absolute Gasteiger partial charge is 0.465 e. The number of aliphatic hydroxyl groups excluding tert-OH is 1. The lowest BCUT2D eigenvalue weighted by molar-refractivity contribution is 0.187. The Morgan fingerprint density at radius 2 is 2.11 bits per heavy atom. The zero-order chi connectivity index (χ0) is 13.8. The summed E-state index contributed by atoms with van der Waals surface area (Å²) in [6.07, 6.45) is 0.234. The van der Waals surface area contributed by atoms with E-state index in [0.717, 1.165) is 0 Å². The average molecular weight is 268 g/mol. The van der Waals surface area contributed by atoms with Crippen LogP contribution in [-0.4, -0.2) is 35.4 Å². The van der Waals surface area contributed by atoms with Gasteiger partial charge < -0.3 is 20.4 Å². The molecule has 1 aliphatic heterocycles. The molecule has 0 radical (unpaired) electrons. The second-order valence-electron chi connectivity index (χ2n) is 4.62. The fourth-order valence-electron chi connectivity index (χ4n) is 2.46. The third kappa shape index (κ3) is 3.14. The monoisotopic (exact) mass is 268 g/mol. The molecule has 0 aromatic heterocycles. The van der Waals surface area contributed by atoms with Crippen LogP contribution in [0.5, 0.6) is 0 Å². The Morgan fingerprint density at radius 3 is 2.68 bits per heavy atom. The minimum atomic E-state index is -1.03. The Morgan fingerprint density at radius 1 is 1.42 bits per heavy atom. The van der Waals surface area contributed by atoms with Crippen LogP contribution in [0, 0.1) is 5.82 Å². The van der Waals surface area contributed by atoms with Gasteiger partial charge in [0.05, 0.1) is 12.3 Å². The number of para-hydroxylation sites is 1. The molecule has 1 saturated heterocycles. The van der Waals surface area contributed by atoms with Crippen LogP contribution in [0.2, 0.25) is 0 Å². The lowest BCUT2D eigenvalue weighted by atomic mass is 10.0. The van der Waals surface area contributed by atoms with E-state index in [9.17, 15) is 14.3 Å². The van der Waals surface area contributed by atoms with Crippen molar-refractivity contribution in [3.8, 4) is 0 Å². The Labute approximate surface area is 110 Å². The van der Waals surface area contributed by atoms with E-state index in [1.54, 1.807) is 12.1 Å². The Bertz CT molecular complexity index is 459. The molecule has 1 aliphatic rings. The molecule has 1 fully saturated rings. The predicted molar refractivity (Wildman–Crippen MR) is 68.7 cm³/mol. The van der Waals surface area contributed by atoms with Crippen molar-refractivity contribution in [1.29, 1.82) is 0 Å². The van der Waals surface area contributed by atoms with Gasteiger partial charge in [0.15, 0.2) is 0 Å². The zero-order valence-corrected chi connectivity index (χ0v) is 10.5. The summed E-state index contributed by atoms with van der Waals surface area (Å²) in [5, 5.41) is 20.4. The topological polar surface area (TPSA) is 72.8 Å². The summed E-state index contributed by atoms with van der Waals surface area (Å²) < 4.78 is 13.9. The molecule has 0 aliphatic carbocycles. The van der Waals surface area contributed by atoms with Gasteiger partial charge in [0.25, 0.3) is 0 Å². The van der Waals surface area contributed by atoms with Crippen LogP contribution < -0.4 is 10.2 Å². The molecule has 1 amide bonds. The lowest BCUT2D eigenvalue weighted by Gasteiger charge is -2.34. The number of rotatable bonds is 3. The van der Waals surface area contributed by atoms with Crippen LogP contribution in [0.1, 0.15) is 18.4 Å². The molecule has 2 rings (SSSR count). The van der Waals surface area contributed by atoms with E-state index in [4.69, 9.17) is 5.11 Å². The first-order chi connectivity index (χ1) is 9.11. The van der Waals surface area contributed by atoms with Crippen molar-refractivity contribution in [2.24, 2.45) is 0 Å². The molecule has 104 valence electrons. The van der Waals surface area contributed by atoms with Crippen molar-refractivity contribution < 1.29 is 19.4 Å². The molecule has 0 unspecified atom stereocenters. The van der Waals surface area contributed by atoms with E-state index >= 15 is 0 Å². The van der Waals surface area contributed by atoms with Gasteiger partial charge in [-0.15, -0.1) is 0 Å². The molecule has 0 saturated carbocycles. The molecule has 6 heteroatoms. The highest BCUT2D eigenvalue weighted by atomic mass is 19.1. The van der Waals surface area contributed by atoms with Crippen LogP contribution in [0.4, 0.5) is 14.9 Å². The molecule has 1 heterocycles. The predicted octanol–water partition coefficient (Wildman–Crippen LogP) is 1.55. The van der Waals surface area contributed by atoms with Gasteiger partial charge in [-0.2, -0.15) is 0 Å². The van der Waals surface area contributed by atoms with Crippen LogP contribution >= 0.6 is 0 Å². The van der Waals surface area contributed by atoms with E-state index in [1.807, 2.05) is 4.90 Å². The van der Waals surface area contributed by atoms with E-state index < -0.39 is 6.09 Å². The average Bonchev–Trinajstić information content (AvgIpc) is 2.39. The second kappa shape index (κ2) is 5.88. The summed E-state index contributed by atoms with van der Waals surface area (Å²) in [7, 11) is 0. The van der Waals surface area contributed by atoms with Gasteiger partial charge >= 0.3 is 6.09 Å². The van der Waals surface area contributed by atoms with Gasteiger partial charge in [0.2, 0.25) is 0 Å². The van der Waals surface area contributed by atoms with Crippen molar-refractivity contribution in [2.45, 2.75) is 25.5 Å². The Hall–Kier alpha value is -1.82. The molecule has 0 atom stereocenters. The van der Waals surface area contributed by atoms with E-state index in [1.165, 1.54) is 6.07 Å². The fraction of sp³-hybridized carbons (Fsp3) is 0.462. The smallest absolute Gasteiger partial charge is 0.404 e. The molecule has 0 bridgehead atoms. The van der Waals surface area contributed by atoms with Gasteiger partial charge in [0.1, 0.15) is 5.82 Å². The number of hydrogen-bond donors (Lipinski definition) is 3. The van der Waals surface area contributed by atoms with Gasteiger partial charge in [-0.05, 0) is 18.9 Å². The molecule has 19 heavy (non-hydrogen) atoms. The highest BCUT2D eigenvalue weighted by Crippen LogP contribution is 2.27. The van der Waals surface area contributed by atoms with E-state index in [-0.39, 0.29) is 18.5 Å². The first kappa shape index (κ1) is 13.6. The Kier molecular flexibility index (Phi) is 4.21.